The number of hydrogen-bond acceptors (Lipinski definition) is 3. The minimum atomic E-state index is 0.282. The number of nitrogens with one attached hydrogen (secondary N) is 1. The normalized spacial score (nSPS) is 11.8. The average Bonchev–Trinajstić information content (AvgIpc) is 2.46. The highest BCUT2D eigenvalue weighted by Gasteiger charge is 2.14. The van der Waals surface area contributed by atoms with Crippen LogP contribution >= 0.6 is 11.8 Å². The van der Waals surface area contributed by atoms with Gasteiger partial charge in [-0.3, -0.25) is 0 Å². The third kappa shape index (κ3) is 3.90. The summed E-state index contributed by atoms with van der Waals surface area (Å²) in [4.78, 5) is 0. The molecule has 0 aliphatic carbocycles. The van der Waals surface area contributed by atoms with E-state index in [-0.39, 0.29) is 4.75 Å². The van der Waals surface area contributed by atoms with Crippen molar-refractivity contribution < 1.29 is 4.74 Å². The van der Waals surface area contributed by atoms with E-state index < -0.39 is 0 Å². The summed E-state index contributed by atoms with van der Waals surface area (Å²) < 4.78 is 5.53. The Kier molecular flexibility index (Phi) is 4.95. The second-order valence-electron chi connectivity index (χ2n) is 5.61. The maximum atomic E-state index is 5.25. The summed E-state index contributed by atoms with van der Waals surface area (Å²) in [5.41, 5.74) is 1.32. The van der Waals surface area contributed by atoms with Crippen LogP contribution in [0, 0.1) is 0 Å². The van der Waals surface area contributed by atoms with Crippen molar-refractivity contribution in [2.75, 3.05) is 19.9 Å². The summed E-state index contributed by atoms with van der Waals surface area (Å²) in [6.07, 6.45) is 2.16. The molecule has 0 aliphatic heterocycles. The first-order valence-corrected chi connectivity index (χ1v) is 8.09. The summed E-state index contributed by atoms with van der Waals surface area (Å²) >= 11 is 1.89. The lowest BCUT2D eigenvalue weighted by molar-refractivity contribution is 0.415. The van der Waals surface area contributed by atoms with Crippen LogP contribution in [0.4, 0.5) is 0 Å². The number of hydrogen-bond donors (Lipinski definition) is 1. The quantitative estimate of drug-likeness (QED) is 0.866. The molecule has 0 bridgehead atoms. The van der Waals surface area contributed by atoms with Gasteiger partial charge in [0.1, 0.15) is 5.75 Å². The van der Waals surface area contributed by atoms with Crippen LogP contribution < -0.4 is 10.1 Å². The van der Waals surface area contributed by atoms with E-state index >= 15 is 0 Å². The molecule has 2 rings (SSSR count). The van der Waals surface area contributed by atoms with Crippen LogP contribution in [-0.4, -0.2) is 24.7 Å². The fourth-order valence-electron chi connectivity index (χ4n) is 2.09. The van der Waals surface area contributed by atoms with E-state index in [1.165, 1.54) is 16.3 Å². The fraction of sp³-hybridized carbons (Fsp3) is 0.412. The van der Waals surface area contributed by atoms with Crippen molar-refractivity contribution in [2.24, 2.45) is 0 Å². The van der Waals surface area contributed by atoms with E-state index in [0.29, 0.717) is 0 Å². The van der Waals surface area contributed by atoms with Gasteiger partial charge in [-0.15, -0.1) is 0 Å². The lowest BCUT2D eigenvalue weighted by Gasteiger charge is -2.22. The molecule has 2 nitrogen and oxygen atoms in total. The second kappa shape index (κ2) is 6.51. The molecular formula is C17H23NOS. The van der Waals surface area contributed by atoms with Crippen molar-refractivity contribution in [2.45, 2.75) is 25.1 Å². The topological polar surface area (TPSA) is 21.3 Å². The molecule has 2 aromatic carbocycles. The number of fused-ring (bicyclic) bond motifs is 1. The van der Waals surface area contributed by atoms with Crippen LogP contribution in [0.5, 0.6) is 5.75 Å². The van der Waals surface area contributed by atoms with Gasteiger partial charge in [0.15, 0.2) is 0 Å². The summed E-state index contributed by atoms with van der Waals surface area (Å²) in [6, 6.07) is 12.8. The van der Waals surface area contributed by atoms with Gasteiger partial charge in [-0.2, -0.15) is 11.8 Å². The third-order valence-electron chi connectivity index (χ3n) is 3.54. The first-order valence-electron chi connectivity index (χ1n) is 6.87. The lowest BCUT2D eigenvalue weighted by atomic mass is 10.1. The Bertz CT molecular complexity index is 580. The van der Waals surface area contributed by atoms with Gasteiger partial charge in [0.05, 0.1) is 7.11 Å². The van der Waals surface area contributed by atoms with E-state index in [4.69, 9.17) is 4.74 Å². The Labute approximate surface area is 125 Å². The molecule has 0 saturated heterocycles. The van der Waals surface area contributed by atoms with Crippen molar-refractivity contribution in [3.63, 3.8) is 0 Å². The van der Waals surface area contributed by atoms with Gasteiger partial charge < -0.3 is 10.1 Å². The number of thioether (sulfide) groups is 1. The number of methoxy groups -OCH3 is 1. The Morgan fingerprint density at radius 1 is 1.10 bits per heavy atom. The average molecular weight is 289 g/mol. The van der Waals surface area contributed by atoms with Crippen LogP contribution in [0.15, 0.2) is 36.4 Å². The number of benzene rings is 2. The van der Waals surface area contributed by atoms with E-state index in [0.717, 1.165) is 18.8 Å². The lowest BCUT2D eigenvalue weighted by Crippen LogP contribution is -2.31. The molecule has 0 amide bonds. The van der Waals surface area contributed by atoms with Crippen LogP contribution in [0.3, 0.4) is 0 Å². The molecule has 20 heavy (non-hydrogen) atoms. The smallest absolute Gasteiger partial charge is 0.119 e. The van der Waals surface area contributed by atoms with E-state index in [1.54, 1.807) is 7.11 Å². The molecule has 0 heterocycles. The van der Waals surface area contributed by atoms with Crippen LogP contribution in [0.2, 0.25) is 0 Å². The molecule has 0 spiro atoms. The van der Waals surface area contributed by atoms with Crippen molar-refractivity contribution >= 4 is 22.5 Å². The van der Waals surface area contributed by atoms with Gasteiger partial charge >= 0.3 is 0 Å². The van der Waals surface area contributed by atoms with Gasteiger partial charge in [-0.05, 0) is 54.6 Å². The maximum Gasteiger partial charge on any atom is 0.119 e. The van der Waals surface area contributed by atoms with Crippen LogP contribution in [0.25, 0.3) is 10.8 Å². The van der Waals surface area contributed by atoms with Gasteiger partial charge in [-0.25, -0.2) is 0 Å². The summed E-state index contributed by atoms with van der Waals surface area (Å²) in [6.45, 7) is 6.44. The predicted octanol–water partition coefficient (Wildman–Crippen LogP) is 4.08. The molecule has 0 atom stereocenters. The number of rotatable bonds is 6. The van der Waals surface area contributed by atoms with E-state index in [9.17, 15) is 0 Å². The van der Waals surface area contributed by atoms with E-state index in [2.05, 4.69) is 55.8 Å². The Hall–Kier alpha value is -1.19. The van der Waals surface area contributed by atoms with Crippen molar-refractivity contribution in [1.29, 1.82) is 0 Å². The van der Waals surface area contributed by atoms with Crippen LogP contribution in [0.1, 0.15) is 19.4 Å². The molecule has 0 aromatic heterocycles. The van der Waals surface area contributed by atoms with Crippen molar-refractivity contribution in [1.82, 2.24) is 5.32 Å². The maximum absolute atomic E-state index is 5.25. The highest BCUT2D eigenvalue weighted by atomic mass is 32.2. The highest BCUT2D eigenvalue weighted by Crippen LogP contribution is 2.22. The zero-order valence-corrected chi connectivity index (χ0v) is 13.5. The van der Waals surface area contributed by atoms with Crippen molar-refractivity contribution in [3.8, 4) is 5.75 Å². The SMILES string of the molecule is COc1ccc2cc(CNCC(C)(C)SC)ccc2c1. The second-order valence-corrected chi connectivity index (χ2v) is 7.13. The minimum absolute atomic E-state index is 0.282. The molecule has 108 valence electrons. The summed E-state index contributed by atoms with van der Waals surface area (Å²) in [7, 11) is 1.70. The fourth-order valence-corrected chi connectivity index (χ4v) is 2.34. The molecule has 0 radical (unpaired) electrons. The molecule has 0 fully saturated rings. The Balaban J connectivity index is 2.05. The molecular weight excluding hydrogens is 266 g/mol. The first kappa shape index (κ1) is 15.2. The van der Waals surface area contributed by atoms with Crippen molar-refractivity contribution in [3.05, 3.63) is 42.0 Å². The zero-order valence-electron chi connectivity index (χ0n) is 12.7. The first-order chi connectivity index (χ1) is 9.54. The predicted molar refractivity (Wildman–Crippen MR) is 89.8 cm³/mol. The minimum Gasteiger partial charge on any atom is -0.497 e. The summed E-state index contributed by atoms with van der Waals surface area (Å²) in [5, 5.41) is 6.01. The van der Waals surface area contributed by atoms with Gasteiger partial charge in [0.2, 0.25) is 0 Å². The molecule has 0 unspecified atom stereocenters. The molecule has 2 aromatic rings. The monoisotopic (exact) mass is 289 g/mol. The zero-order chi connectivity index (χ0) is 14.6. The molecule has 3 heteroatoms. The largest absolute Gasteiger partial charge is 0.497 e. The van der Waals surface area contributed by atoms with Gasteiger partial charge in [0, 0.05) is 17.8 Å². The van der Waals surface area contributed by atoms with E-state index in [1.807, 2.05) is 17.8 Å². The van der Waals surface area contributed by atoms with Gasteiger partial charge in [0.25, 0.3) is 0 Å². The van der Waals surface area contributed by atoms with Gasteiger partial charge in [-0.1, -0.05) is 18.2 Å². The standard InChI is InChI=1S/C17H23NOS/c1-17(2,20-4)12-18-11-13-5-6-15-10-16(19-3)8-7-14(15)9-13/h5-10,18H,11-12H2,1-4H3. The molecule has 0 aliphatic rings. The molecule has 1 N–H and O–H groups in total. The Morgan fingerprint density at radius 3 is 2.50 bits per heavy atom. The summed E-state index contributed by atoms with van der Waals surface area (Å²) in [5.74, 6) is 0.907. The number of ether oxygens (including phenoxy) is 1. The third-order valence-corrected chi connectivity index (χ3v) is 4.79. The Morgan fingerprint density at radius 2 is 1.80 bits per heavy atom. The van der Waals surface area contributed by atoms with Crippen LogP contribution in [-0.2, 0) is 6.54 Å². The highest BCUT2D eigenvalue weighted by molar-refractivity contribution is 7.99. The molecule has 0 saturated carbocycles.